The Hall–Kier alpha value is -4.17. The van der Waals surface area contributed by atoms with Crippen molar-refractivity contribution in [2.45, 2.75) is 13.1 Å². The maximum atomic E-state index is 13.6. The zero-order valence-corrected chi connectivity index (χ0v) is 19.7. The number of fused-ring (bicyclic) bond motifs is 1. The van der Waals surface area contributed by atoms with Gasteiger partial charge in [-0.15, -0.1) is 0 Å². The van der Waals surface area contributed by atoms with Crippen LogP contribution in [0, 0.1) is 0 Å². The zero-order chi connectivity index (χ0) is 24.8. The van der Waals surface area contributed by atoms with E-state index in [9.17, 15) is 14.4 Å². The van der Waals surface area contributed by atoms with Crippen molar-refractivity contribution in [3.05, 3.63) is 95.0 Å². The van der Waals surface area contributed by atoms with E-state index in [0.29, 0.717) is 27.7 Å². The fourth-order valence-corrected chi connectivity index (χ4v) is 3.80. The van der Waals surface area contributed by atoms with Crippen molar-refractivity contribution in [1.29, 1.82) is 0 Å². The lowest BCUT2D eigenvalue weighted by molar-refractivity contribution is -0.142. The van der Waals surface area contributed by atoms with Crippen molar-refractivity contribution in [2.75, 3.05) is 23.4 Å². The van der Waals surface area contributed by atoms with Crippen LogP contribution in [0.4, 0.5) is 16.2 Å². The van der Waals surface area contributed by atoms with E-state index in [1.54, 1.807) is 43.3 Å². The van der Waals surface area contributed by atoms with E-state index in [-0.39, 0.29) is 13.2 Å². The highest BCUT2D eigenvalue weighted by Gasteiger charge is 2.34. The summed E-state index contributed by atoms with van der Waals surface area (Å²) in [6.45, 7) is 1.55. The number of halogens is 1. The molecule has 1 aliphatic rings. The number of nitrogens with one attached hydrogen (secondary N) is 2. The summed E-state index contributed by atoms with van der Waals surface area (Å²) < 4.78 is 5.08. The third-order valence-electron chi connectivity index (χ3n) is 5.22. The van der Waals surface area contributed by atoms with Gasteiger partial charge in [-0.25, -0.2) is 9.79 Å². The third kappa shape index (κ3) is 5.67. The Kier molecular flexibility index (Phi) is 7.42. The van der Waals surface area contributed by atoms with Crippen LogP contribution in [0.5, 0.6) is 0 Å². The molecule has 3 aromatic rings. The van der Waals surface area contributed by atoms with Crippen LogP contribution in [0.25, 0.3) is 0 Å². The van der Waals surface area contributed by atoms with Crippen LogP contribution in [-0.2, 0) is 14.3 Å². The molecule has 0 bridgehead atoms. The summed E-state index contributed by atoms with van der Waals surface area (Å²) in [7, 11) is 0. The standard InChI is InChI=1S/C26H23ClN4O4/c1-2-35-22(32)16-31-21-11-7-6-10-20(21)23(17-8-4-3-5-9-17)29-24(25(31)33)30-26(34)28-19-14-12-18(27)13-15-19/h3-15,24H,2,16H2,1H3,(H2,28,30,34)/t24-/m1/s1. The molecule has 1 heterocycles. The Bertz CT molecular complexity index is 1260. The largest absolute Gasteiger partial charge is 0.465 e. The second kappa shape index (κ2) is 10.8. The molecule has 0 fully saturated rings. The number of rotatable bonds is 6. The fraction of sp³-hybridized carbons (Fsp3) is 0.154. The van der Waals surface area contributed by atoms with Gasteiger partial charge in [0.25, 0.3) is 5.91 Å². The van der Waals surface area contributed by atoms with Crippen LogP contribution in [0.15, 0.2) is 83.9 Å². The highest BCUT2D eigenvalue weighted by molar-refractivity contribution is 6.30. The maximum Gasteiger partial charge on any atom is 0.326 e. The number of urea groups is 1. The first kappa shape index (κ1) is 24.0. The second-order valence-electron chi connectivity index (χ2n) is 7.60. The molecule has 8 nitrogen and oxygen atoms in total. The van der Waals surface area contributed by atoms with Crippen molar-refractivity contribution in [2.24, 2.45) is 4.99 Å². The lowest BCUT2D eigenvalue weighted by atomic mass is 10.0. The van der Waals surface area contributed by atoms with Gasteiger partial charge in [0.05, 0.1) is 18.0 Å². The number of amides is 3. The molecule has 35 heavy (non-hydrogen) atoms. The summed E-state index contributed by atoms with van der Waals surface area (Å²) in [5.74, 6) is -1.13. The summed E-state index contributed by atoms with van der Waals surface area (Å²) in [5.41, 5.74) is 2.91. The molecule has 9 heteroatoms. The van der Waals surface area contributed by atoms with Crippen LogP contribution in [0.2, 0.25) is 5.02 Å². The van der Waals surface area contributed by atoms with Crippen LogP contribution in [0.1, 0.15) is 18.1 Å². The zero-order valence-electron chi connectivity index (χ0n) is 18.9. The van der Waals surface area contributed by atoms with Crippen molar-refractivity contribution < 1.29 is 19.1 Å². The number of hydrogen-bond acceptors (Lipinski definition) is 5. The first-order valence-corrected chi connectivity index (χ1v) is 11.4. The molecule has 1 atom stereocenters. The Morgan fingerprint density at radius 3 is 2.40 bits per heavy atom. The van der Waals surface area contributed by atoms with E-state index in [0.717, 1.165) is 5.56 Å². The highest BCUT2D eigenvalue weighted by atomic mass is 35.5. The van der Waals surface area contributed by atoms with Gasteiger partial charge in [-0.05, 0) is 37.3 Å². The third-order valence-corrected chi connectivity index (χ3v) is 5.47. The average Bonchev–Trinajstić information content (AvgIpc) is 2.97. The molecule has 3 amide bonds. The summed E-state index contributed by atoms with van der Waals surface area (Å²) >= 11 is 5.91. The van der Waals surface area contributed by atoms with Crippen LogP contribution in [-0.4, -0.2) is 42.9 Å². The monoisotopic (exact) mass is 490 g/mol. The van der Waals surface area contributed by atoms with Gasteiger partial charge in [-0.1, -0.05) is 60.1 Å². The summed E-state index contributed by atoms with van der Waals surface area (Å²) in [6.07, 6.45) is -1.29. The second-order valence-corrected chi connectivity index (χ2v) is 8.03. The minimum atomic E-state index is -1.29. The van der Waals surface area contributed by atoms with Gasteiger partial charge in [-0.3, -0.25) is 14.5 Å². The summed E-state index contributed by atoms with van der Waals surface area (Å²) in [4.78, 5) is 44.7. The van der Waals surface area contributed by atoms with E-state index in [2.05, 4.69) is 15.6 Å². The number of esters is 1. The Morgan fingerprint density at radius 2 is 1.69 bits per heavy atom. The molecule has 178 valence electrons. The predicted molar refractivity (Wildman–Crippen MR) is 135 cm³/mol. The minimum absolute atomic E-state index is 0.180. The number of anilines is 2. The molecule has 0 saturated heterocycles. The number of aliphatic imine (C=N–C) groups is 1. The minimum Gasteiger partial charge on any atom is -0.465 e. The number of para-hydroxylation sites is 1. The first-order valence-electron chi connectivity index (χ1n) is 11.0. The number of carbonyl (C=O) groups is 3. The average molecular weight is 491 g/mol. The topological polar surface area (TPSA) is 100 Å². The van der Waals surface area contributed by atoms with Gasteiger partial charge < -0.3 is 15.4 Å². The van der Waals surface area contributed by atoms with Crippen molar-refractivity contribution in [3.8, 4) is 0 Å². The van der Waals surface area contributed by atoms with Gasteiger partial charge in [0.1, 0.15) is 6.54 Å². The molecule has 0 spiro atoms. The molecule has 0 aliphatic carbocycles. The number of hydrogen-bond donors (Lipinski definition) is 2. The number of carbonyl (C=O) groups excluding carboxylic acids is 3. The van der Waals surface area contributed by atoms with Gasteiger partial charge in [-0.2, -0.15) is 0 Å². The van der Waals surface area contributed by atoms with Gasteiger partial charge >= 0.3 is 12.0 Å². The van der Waals surface area contributed by atoms with Gasteiger partial charge in [0, 0.05) is 21.8 Å². The molecule has 4 rings (SSSR count). The van der Waals surface area contributed by atoms with Crippen molar-refractivity contribution >= 4 is 46.6 Å². The molecule has 0 radical (unpaired) electrons. The Labute approximate surface area is 207 Å². The van der Waals surface area contributed by atoms with Gasteiger partial charge in [0.15, 0.2) is 0 Å². The molecule has 0 aromatic heterocycles. The molecule has 3 aromatic carbocycles. The van der Waals surface area contributed by atoms with Crippen LogP contribution < -0.4 is 15.5 Å². The predicted octanol–water partition coefficient (Wildman–Crippen LogP) is 4.23. The molecule has 0 saturated carbocycles. The lowest BCUT2D eigenvalue weighted by Gasteiger charge is -2.24. The lowest BCUT2D eigenvalue weighted by Crippen LogP contribution is -2.50. The molecular formula is C26H23ClN4O4. The van der Waals surface area contributed by atoms with Crippen molar-refractivity contribution in [1.82, 2.24) is 5.32 Å². The van der Waals surface area contributed by atoms with Gasteiger partial charge in [0.2, 0.25) is 6.17 Å². The quantitative estimate of drug-likeness (QED) is 0.505. The smallest absolute Gasteiger partial charge is 0.326 e. The van der Waals surface area contributed by atoms with Crippen LogP contribution in [0.3, 0.4) is 0 Å². The number of benzene rings is 3. The fourth-order valence-electron chi connectivity index (χ4n) is 3.67. The normalized spacial score (nSPS) is 14.9. The highest BCUT2D eigenvalue weighted by Crippen LogP contribution is 2.28. The maximum absolute atomic E-state index is 13.6. The first-order chi connectivity index (χ1) is 17.0. The molecule has 1 aliphatic heterocycles. The summed E-state index contributed by atoms with van der Waals surface area (Å²) in [5, 5.41) is 5.82. The van der Waals surface area contributed by atoms with E-state index in [4.69, 9.17) is 16.3 Å². The SMILES string of the molecule is CCOC(=O)CN1C(=O)[C@@H](NC(=O)Nc2ccc(Cl)cc2)N=C(c2ccccc2)c2ccccc21. The number of nitrogens with zero attached hydrogens (tertiary/aromatic N) is 2. The van der Waals surface area contributed by atoms with Crippen molar-refractivity contribution in [3.63, 3.8) is 0 Å². The molecule has 0 unspecified atom stereocenters. The van der Waals surface area contributed by atoms with E-state index in [1.165, 1.54) is 4.90 Å². The number of benzodiazepines with no additional fused rings is 1. The molecule has 2 N–H and O–H groups in total. The Morgan fingerprint density at radius 1 is 1.00 bits per heavy atom. The Balaban J connectivity index is 1.72. The summed E-state index contributed by atoms with van der Waals surface area (Å²) in [6, 6.07) is 22.4. The van der Waals surface area contributed by atoms with E-state index >= 15 is 0 Å². The van der Waals surface area contributed by atoms with E-state index < -0.39 is 24.1 Å². The molecular weight excluding hydrogens is 468 g/mol. The van der Waals surface area contributed by atoms with E-state index in [1.807, 2.05) is 42.5 Å². The number of ether oxygens (including phenoxy) is 1. The van der Waals surface area contributed by atoms with Crippen LogP contribution >= 0.6 is 11.6 Å².